The molecule has 1 saturated heterocycles. The van der Waals surface area contributed by atoms with Crippen molar-refractivity contribution in [3.63, 3.8) is 0 Å². The minimum Gasteiger partial charge on any atom is -0.362 e. The van der Waals surface area contributed by atoms with Crippen molar-refractivity contribution >= 4 is 5.91 Å². The van der Waals surface area contributed by atoms with Crippen molar-refractivity contribution in [2.45, 2.75) is 18.6 Å². The highest BCUT2D eigenvalue weighted by Crippen LogP contribution is 2.28. The summed E-state index contributed by atoms with van der Waals surface area (Å²) >= 11 is 0. The molecule has 0 aliphatic carbocycles. The fourth-order valence-electron chi connectivity index (χ4n) is 4.16. The zero-order chi connectivity index (χ0) is 21.7. The number of pyridine rings is 2. The Morgan fingerprint density at radius 1 is 1.10 bits per heavy atom. The molecule has 3 heterocycles. The number of likely N-dealkylation sites (N-methyl/N-ethyl adjacent to an activating group) is 1. The summed E-state index contributed by atoms with van der Waals surface area (Å²) < 4.78 is 6.24. The third-order valence-corrected chi connectivity index (χ3v) is 5.58. The molecule has 6 nitrogen and oxygen atoms in total. The SMILES string of the molecule is CN(C)C(=O)[C@]1(Cc2cccc(-c3cccnc3)c2)CN(Cc2ccccn2)CCO1. The van der Waals surface area contributed by atoms with Crippen molar-refractivity contribution in [2.24, 2.45) is 0 Å². The molecule has 0 radical (unpaired) electrons. The lowest BCUT2D eigenvalue weighted by atomic mass is 9.89. The Bertz CT molecular complexity index is 1010. The highest BCUT2D eigenvalue weighted by Gasteiger charge is 2.44. The van der Waals surface area contributed by atoms with E-state index in [4.69, 9.17) is 4.74 Å². The van der Waals surface area contributed by atoms with Gasteiger partial charge in [-0.3, -0.25) is 19.7 Å². The molecule has 0 unspecified atom stereocenters. The number of ether oxygens (including phenoxy) is 1. The molecule has 1 fully saturated rings. The Hall–Kier alpha value is -3.09. The van der Waals surface area contributed by atoms with Crippen molar-refractivity contribution in [1.29, 1.82) is 0 Å². The third kappa shape index (κ3) is 4.98. The third-order valence-electron chi connectivity index (χ3n) is 5.58. The number of carbonyl (C=O) groups excluding carboxylic acids is 1. The first kappa shape index (κ1) is 21.2. The van der Waals surface area contributed by atoms with E-state index in [-0.39, 0.29) is 5.91 Å². The molecule has 1 aliphatic heterocycles. The monoisotopic (exact) mass is 416 g/mol. The van der Waals surface area contributed by atoms with Crippen molar-refractivity contribution in [2.75, 3.05) is 33.8 Å². The molecular formula is C25H28N4O2. The highest BCUT2D eigenvalue weighted by molar-refractivity contribution is 5.86. The van der Waals surface area contributed by atoms with Crippen LogP contribution in [-0.2, 0) is 22.5 Å². The Labute approximate surface area is 183 Å². The zero-order valence-electron chi connectivity index (χ0n) is 18.1. The maximum absolute atomic E-state index is 13.3. The molecular weight excluding hydrogens is 388 g/mol. The normalized spacial score (nSPS) is 19.2. The molecule has 0 spiro atoms. The number of hydrogen-bond acceptors (Lipinski definition) is 5. The van der Waals surface area contributed by atoms with Gasteiger partial charge >= 0.3 is 0 Å². The summed E-state index contributed by atoms with van der Waals surface area (Å²) in [6.07, 6.45) is 5.93. The van der Waals surface area contributed by atoms with Gasteiger partial charge in [0.25, 0.3) is 5.91 Å². The van der Waals surface area contributed by atoms with Crippen LogP contribution in [0, 0.1) is 0 Å². The molecule has 0 saturated carbocycles. The van der Waals surface area contributed by atoms with Gasteiger partial charge in [-0.15, -0.1) is 0 Å². The van der Waals surface area contributed by atoms with Gasteiger partial charge in [-0.25, -0.2) is 0 Å². The number of amides is 1. The Morgan fingerprint density at radius 2 is 1.97 bits per heavy atom. The molecule has 3 aromatic rings. The second kappa shape index (κ2) is 9.37. The predicted octanol–water partition coefficient (Wildman–Crippen LogP) is 3.05. The number of nitrogens with zero attached hydrogens (tertiary/aromatic N) is 4. The Balaban J connectivity index is 1.60. The van der Waals surface area contributed by atoms with Crippen molar-refractivity contribution in [3.05, 3.63) is 84.4 Å². The van der Waals surface area contributed by atoms with Crippen LogP contribution >= 0.6 is 0 Å². The highest BCUT2D eigenvalue weighted by atomic mass is 16.5. The van der Waals surface area contributed by atoms with Gasteiger partial charge < -0.3 is 9.64 Å². The van der Waals surface area contributed by atoms with E-state index in [0.717, 1.165) is 28.9 Å². The topological polar surface area (TPSA) is 58.6 Å². The average molecular weight is 417 g/mol. The summed E-state index contributed by atoms with van der Waals surface area (Å²) in [7, 11) is 3.58. The van der Waals surface area contributed by atoms with Crippen LogP contribution in [0.1, 0.15) is 11.3 Å². The lowest BCUT2D eigenvalue weighted by Crippen LogP contribution is -2.60. The van der Waals surface area contributed by atoms with Gasteiger partial charge in [-0.05, 0) is 34.9 Å². The molecule has 6 heteroatoms. The summed E-state index contributed by atoms with van der Waals surface area (Å²) in [4.78, 5) is 25.9. The van der Waals surface area contributed by atoms with E-state index in [1.807, 2.05) is 42.6 Å². The molecule has 1 amide bonds. The molecule has 1 aliphatic rings. The first-order valence-electron chi connectivity index (χ1n) is 10.5. The Morgan fingerprint density at radius 3 is 2.71 bits per heavy atom. The fraction of sp³-hybridized carbons (Fsp3) is 0.320. The first-order chi connectivity index (χ1) is 15.1. The van der Waals surface area contributed by atoms with Gasteiger partial charge in [0.15, 0.2) is 5.60 Å². The number of hydrogen-bond donors (Lipinski definition) is 0. The van der Waals surface area contributed by atoms with Gasteiger partial charge in [0.2, 0.25) is 0 Å². The van der Waals surface area contributed by atoms with E-state index >= 15 is 0 Å². The molecule has 4 rings (SSSR count). The molecule has 31 heavy (non-hydrogen) atoms. The number of aromatic nitrogens is 2. The fourth-order valence-corrected chi connectivity index (χ4v) is 4.16. The second-order valence-corrected chi connectivity index (χ2v) is 8.19. The lowest BCUT2D eigenvalue weighted by molar-refractivity contribution is -0.169. The first-order valence-corrected chi connectivity index (χ1v) is 10.5. The summed E-state index contributed by atoms with van der Waals surface area (Å²) in [5.41, 5.74) is 3.27. The maximum Gasteiger partial charge on any atom is 0.255 e. The second-order valence-electron chi connectivity index (χ2n) is 8.19. The van der Waals surface area contributed by atoms with Crippen LogP contribution in [0.2, 0.25) is 0 Å². The lowest BCUT2D eigenvalue weighted by Gasteiger charge is -2.42. The van der Waals surface area contributed by atoms with Crippen LogP contribution in [0.5, 0.6) is 0 Å². The van der Waals surface area contributed by atoms with Gasteiger partial charge in [-0.1, -0.05) is 36.4 Å². The minimum absolute atomic E-state index is 0.00926. The van der Waals surface area contributed by atoms with Crippen LogP contribution in [0.3, 0.4) is 0 Å². The maximum atomic E-state index is 13.3. The molecule has 1 atom stereocenters. The van der Waals surface area contributed by atoms with E-state index in [2.05, 4.69) is 33.1 Å². The molecule has 0 N–H and O–H groups in total. The largest absolute Gasteiger partial charge is 0.362 e. The van der Waals surface area contributed by atoms with E-state index < -0.39 is 5.60 Å². The molecule has 0 bridgehead atoms. The molecule has 2 aromatic heterocycles. The predicted molar refractivity (Wildman–Crippen MR) is 120 cm³/mol. The van der Waals surface area contributed by atoms with Crippen LogP contribution in [-0.4, -0.2) is 65.1 Å². The molecule has 160 valence electrons. The average Bonchev–Trinajstić information content (AvgIpc) is 2.80. The number of benzene rings is 1. The summed E-state index contributed by atoms with van der Waals surface area (Å²) in [5, 5.41) is 0. The number of morpholine rings is 1. The van der Waals surface area contributed by atoms with E-state index in [9.17, 15) is 4.79 Å². The van der Waals surface area contributed by atoms with Crippen LogP contribution < -0.4 is 0 Å². The minimum atomic E-state index is -0.926. The van der Waals surface area contributed by atoms with Gasteiger partial charge in [0.1, 0.15) is 0 Å². The van der Waals surface area contributed by atoms with Crippen molar-refractivity contribution in [3.8, 4) is 11.1 Å². The smallest absolute Gasteiger partial charge is 0.255 e. The van der Waals surface area contributed by atoms with E-state index in [1.54, 1.807) is 31.4 Å². The van der Waals surface area contributed by atoms with Gasteiger partial charge in [0, 0.05) is 58.7 Å². The standard InChI is InChI=1S/C25H28N4O2/c1-28(2)24(30)25(19-29(13-14-31-25)18-23-10-3-4-12-27-23)16-20-7-5-8-21(15-20)22-9-6-11-26-17-22/h3-12,15,17H,13-14,16,18-19H2,1-2H3/t25-/m0/s1. The van der Waals surface area contributed by atoms with Crippen molar-refractivity contribution < 1.29 is 9.53 Å². The van der Waals surface area contributed by atoms with E-state index in [1.165, 1.54) is 0 Å². The van der Waals surface area contributed by atoms with Gasteiger partial charge in [-0.2, -0.15) is 0 Å². The van der Waals surface area contributed by atoms with Crippen LogP contribution in [0.4, 0.5) is 0 Å². The summed E-state index contributed by atoms with van der Waals surface area (Å²) in [5.74, 6) is -0.00926. The van der Waals surface area contributed by atoms with Crippen molar-refractivity contribution in [1.82, 2.24) is 19.8 Å². The van der Waals surface area contributed by atoms with Crippen LogP contribution in [0.15, 0.2) is 73.2 Å². The van der Waals surface area contributed by atoms with E-state index in [0.29, 0.717) is 26.1 Å². The summed E-state index contributed by atoms with van der Waals surface area (Å²) in [6.45, 7) is 2.50. The number of rotatable bonds is 6. The quantitative estimate of drug-likeness (QED) is 0.618. The summed E-state index contributed by atoms with van der Waals surface area (Å²) in [6, 6.07) is 18.2. The molecule has 1 aromatic carbocycles. The van der Waals surface area contributed by atoms with Gasteiger partial charge in [0.05, 0.1) is 12.3 Å². The number of carbonyl (C=O) groups is 1. The zero-order valence-corrected chi connectivity index (χ0v) is 18.1. The van der Waals surface area contributed by atoms with Crippen LogP contribution in [0.25, 0.3) is 11.1 Å². The Kier molecular flexibility index (Phi) is 6.39.